The maximum absolute atomic E-state index is 10.2. The van der Waals surface area contributed by atoms with Crippen molar-refractivity contribution in [2.75, 3.05) is 13.2 Å². The normalized spacial score (nSPS) is 42.0. The molecule has 0 saturated heterocycles. The van der Waals surface area contributed by atoms with Crippen molar-refractivity contribution in [2.24, 2.45) is 35.0 Å². The molecular weight excluding hydrogens is 302 g/mol. The van der Waals surface area contributed by atoms with Crippen LogP contribution in [0.15, 0.2) is 22.9 Å². The highest BCUT2D eigenvalue weighted by Crippen LogP contribution is 2.57. The van der Waals surface area contributed by atoms with Gasteiger partial charge in [0, 0.05) is 18.8 Å². The molecule has 0 amide bonds. The smallest absolute Gasteiger partial charge is 0.127 e. The van der Waals surface area contributed by atoms with E-state index in [-0.39, 0.29) is 24.5 Å². The summed E-state index contributed by atoms with van der Waals surface area (Å²) in [5.41, 5.74) is 3.59. The van der Waals surface area contributed by atoms with Crippen molar-refractivity contribution in [3.8, 4) is 0 Å². The van der Waals surface area contributed by atoms with Crippen LogP contribution in [0.25, 0.3) is 0 Å². The zero-order chi connectivity index (χ0) is 16.9. The highest BCUT2D eigenvalue weighted by Gasteiger charge is 2.53. The average Bonchev–Trinajstić information content (AvgIpc) is 3.19. The molecule has 4 nitrogen and oxygen atoms in total. The molecule has 2 fully saturated rings. The Bertz CT molecular complexity index is 624. The van der Waals surface area contributed by atoms with Crippen molar-refractivity contribution >= 4 is 0 Å². The number of fused-ring (bicyclic) bond motifs is 2. The molecule has 2 saturated carbocycles. The number of aliphatic hydroxyl groups is 2. The van der Waals surface area contributed by atoms with Gasteiger partial charge in [0.2, 0.25) is 0 Å². The summed E-state index contributed by atoms with van der Waals surface area (Å²) in [5.74, 6) is 2.12. The van der Waals surface area contributed by atoms with Crippen LogP contribution in [-0.4, -0.2) is 28.6 Å². The summed E-state index contributed by atoms with van der Waals surface area (Å²) in [5, 5.41) is 24.4. The summed E-state index contributed by atoms with van der Waals surface area (Å²) in [6.07, 6.45) is 8.06. The van der Waals surface area contributed by atoms with E-state index in [0.717, 1.165) is 31.4 Å². The van der Waals surface area contributed by atoms with Gasteiger partial charge in [-0.1, -0.05) is 24.2 Å². The Hall–Kier alpha value is -1.13. The van der Waals surface area contributed by atoms with Crippen LogP contribution in [0.1, 0.15) is 43.9 Å². The second kappa shape index (κ2) is 5.99. The summed E-state index contributed by atoms with van der Waals surface area (Å²) in [7, 11) is 0. The van der Waals surface area contributed by atoms with Crippen molar-refractivity contribution < 1.29 is 14.7 Å². The number of nitrogens with zero attached hydrogens (tertiary/aromatic N) is 1. The molecule has 6 atom stereocenters. The van der Waals surface area contributed by atoms with Gasteiger partial charge >= 0.3 is 0 Å². The summed E-state index contributed by atoms with van der Waals surface area (Å²) in [6, 6.07) is 0. The number of aromatic nitrogens is 1. The van der Waals surface area contributed by atoms with Gasteiger partial charge in [-0.15, -0.1) is 0 Å². The predicted octanol–water partition coefficient (Wildman–Crippen LogP) is 2.99. The minimum atomic E-state index is -0.00437. The topological polar surface area (TPSA) is 66.5 Å². The SMILES string of the molecule is C=C1CC[C@H]2[C@H](CO)[C@@H]([C@@]3(C)Cc4conc4C[C@@H]3CO)CC[C@H]12. The zero-order valence-corrected chi connectivity index (χ0v) is 14.6. The summed E-state index contributed by atoms with van der Waals surface area (Å²) < 4.78 is 5.18. The first-order valence-electron chi connectivity index (χ1n) is 9.40. The lowest BCUT2D eigenvalue weighted by atomic mass is 9.52. The molecule has 1 aromatic heterocycles. The lowest BCUT2D eigenvalue weighted by Crippen LogP contribution is -2.50. The highest BCUT2D eigenvalue weighted by molar-refractivity contribution is 5.24. The fourth-order valence-electron chi connectivity index (χ4n) is 6.25. The Morgan fingerprint density at radius 3 is 2.88 bits per heavy atom. The van der Waals surface area contributed by atoms with Gasteiger partial charge in [0.25, 0.3) is 0 Å². The van der Waals surface area contributed by atoms with Gasteiger partial charge < -0.3 is 14.7 Å². The van der Waals surface area contributed by atoms with E-state index >= 15 is 0 Å². The highest BCUT2D eigenvalue weighted by atomic mass is 16.5. The van der Waals surface area contributed by atoms with Crippen LogP contribution < -0.4 is 0 Å². The summed E-state index contributed by atoms with van der Waals surface area (Å²) in [6.45, 7) is 7.03. The first-order chi connectivity index (χ1) is 11.6. The second-order valence-electron chi connectivity index (χ2n) is 8.55. The molecule has 0 aliphatic heterocycles. The lowest BCUT2D eigenvalue weighted by Gasteiger charge is -2.52. The van der Waals surface area contributed by atoms with Gasteiger partial charge in [-0.3, -0.25) is 0 Å². The number of hydrogen-bond donors (Lipinski definition) is 2. The molecule has 0 spiro atoms. The molecule has 1 heterocycles. The second-order valence-corrected chi connectivity index (χ2v) is 8.55. The Morgan fingerprint density at radius 2 is 2.12 bits per heavy atom. The number of rotatable bonds is 3. The third-order valence-electron chi connectivity index (χ3n) is 7.65. The number of aliphatic hydroxyl groups excluding tert-OH is 2. The molecule has 3 aliphatic carbocycles. The van der Waals surface area contributed by atoms with Crippen LogP contribution in [0, 0.1) is 35.0 Å². The van der Waals surface area contributed by atoms with Gasteiger partial charge in [0.15, 0.2) is 0 Å². The third-order valence-corrected chi connectivity index (χ3v) is 7.65. The quantitative estimate of drug-likeness (QED) is 0.836. The lowest BCUT2D eigenvalue weighted by molar-refractivity contribution is -0.0551. The van der Waals surface area contributed by atoms with E-state index in [1.807, 2.05) is 0 Å². The third kappa shape index (κ3) is 2.30. The van der Waals surface area contributed by atoms with Crippen LogP contribution in [0.5, 0.6) is 0 Å². The van der Waals surface area contributed by atoms with E-state index in [1.165, 1.54) is 24.0 Å². The average molecular weight is 331 g/mol. The fraction of sp³-hybridized carbons (Fsp3) is 0.750. The summed E-state index contributed by atoms with van der Waals surface area (Å²) in [4.78, 5) is 0. The molecule has 24 heavy (non-hydrogen) atoms. The van der Waals surface area contributed by atoms with Crippen molar-refractivity contribution in [3.63, 3.8) is 0 Å². The van der Waals surface area contributed by atoms with Gasteiger partial charge in [-0.25, -0.2) is 0 Å². The Morgan fingerprint density at radius 1 is 1.29 bits per heavy atom. The molecule has 0 unspecified atom stereocenters. The van der Waals surface area contributed by atoms with Gasteiger partial charge in [-0.05, 0) is 73.5 Å². The van der Waals surface area contributed by atoms with E-state index < -0.39 is 0 Å². The fourth-order valence-corrected chi connectivity index (χ4v) is 6.25. The van der Waals surface area contributed by atoms with E-state index in [2.05, 4.69) is 18.7 Å². The maximum Gasteiger partial charge on any atom is 0.127 e. The molecular formula is C20H29NO3. The Labute approximate surface area is 143 Å². The van der Waals surface area contributed by atoms with Crippen LogP contribution in [0.4, 0.5) is 0 Å². The minimum Gasteiger partial charge on any atom is -0.396 e. The van der Waals surface area contributed by atoms with Crippen molar-refractivity contribution in [3.05, 3.63) is 29.7 Å². The summed E-state index contributed by atoms with van der Waals surface area (Å²) >= 11 is 0. The Kier molecular flexibility index (Phi) is 4.08. The molecule has 3 aliphatic rings. The first-order valence-corrected chi connectivity index (χ1v) is 9.40. The van der Waals surface area contributed by atoms with Crippen LogP contribution in [0.2, 0.25) is 0 Å². The molecule has 1 aromatic rings. The van der Waals surface area contributed by atoms with Crippen molar-refractivity contribution in [1.82, 2.24) is 5.16 Å². The maximum atomic E-state index is 10.2. The van der Waals surface area contributed by atoms with Crippen LogP contribution in [-0.2, 0) is 12.8 Å². The molecule has 4 heteroatoms. The van der Waals surface area contributed by atoms with Crippen molar-refractivity contribution in [2.45, 2.75) is 45.4 Å². The molecule has 4 rings (SSSR count). The first kappa shape index (κ1) is 16.3. The van der Waals surface area contributed by atoms with E-state index in [0.29, 0.717) is 23.7 Å². The predicted molar refractivity (Wildman–Crippen MR) is 91.2 cm³/mol. The minimum absolute atomic E-state index is 0.00437. The number of allylic oxidation sites excluding steroid dienone is 1. The molecule has 0 bridgehead atoms. The zero-order valence-electron chi connectivity index (χ0n) is 14.6. The Balaban J connectivity index is 1.67. The van der Waals surface area contributed by atoms with E-state index in [9.17, 15) is 10.2 Å². The largest absolute Gasteiger partial charge is 0.396 e. The van der Waals surface area contributed by atoms with E-state index in [1.54, 1.807) is 6.26 Å². The van der Waals surface area contributed by atoms with Gasteiger partial charge in [-0.2, -0.15) is 0 Å². The van der Waals surface area contributed by atoms with Crippen LogP contribution in [0.3, 0.4) is 0 Å². The van der Waals surface area contributed by atoms with E-state index in [4.69, 9.17) is 4.52 Å². The standard InChI is InChI=1S/C20H29NO3/c1-12-3-4-16-15(12)5-6-18(17(16)10-23)20(2)8-13-11-24-21-19(13)7-14(20)9-22/h11,14-18,22-23H,1,3-10H2,2H3/t14-,15-,16-,17+,18+,20+/m1/s1. The molecule has 132 valence electrons. The van der Waals surface area contributed by atoms with Crippen LogP contribution >= 0.6 is 0 Å². The molecule has 0 radical (unpaired) electrons. The monoisotopic (exact) mass is 331 g/mol. The van der Waals surface area contributed by atoms with Crippen molar-refractivity contribution in [1.29, 1.82) is 0 Å². The molecule has 2 N–H and O–H groups in total. The number of hydrogen-bond acceptors (Lipinski definition) is 4. The van der Waals surface area contributed by atoms with Gasteiger partial charge in [0.05, 0.1) is 5.69 Å². The molecule has 0 aromatic carbocycles. The van der Waals surface area contributed by atoms with Gasteiger partial charge in [0.1, 0.15) is 6.26 Å².